The van der Waals surface area contributed by atoms with E-state index in [4.69, 9.17) is 11.2 Å². The van der Waals surface area contributed by atoms with E-state index in [9.17, 15) is 4.79 Å². The van der Waals surface area contributed by atoms with Gasteiger partial charge < -0.3 is 30.6 Å². The van der Waals surface area contributed by atoms with Gasteiger partial charge in [0.1, 0.15) is 17.6 Å². The third-order valence-electron chi connectivity index (χ3n) is 7.40. The molecule has 8 nitrogen and oxygen atoms in total. The van der Waals surface area contributed by atoms with Gasteiger partial charge in [-0.15, -0.1) is 32.1 Å². The van der Waals surface area contributed by atoms with Crippen LogP contribution >= 0.6 is 0 Å². The molecule has 2 heterocycles. The fourth-order valence-electron chi connectivity index (χ4n) is 5.34. The Balaban J connectivity index is 0.000000318. The highest BCUT2D eigenvalue weighted by Crippen LogP contribution is 2.32. The number of rotatable bonds is 9. The van der Waals surface area contributed by atoms with Crippen LogP contribution in [0.5, 0.6) is 0 Å². The minimum atomic E-state index is -0.478. The number of carbonyl (C=O) groups excluding carboxylic acids is 1. The standard InChI is InChI=1S/C21H31N3O2.C15H17N3.2C2H2/c1-6-11-24(20(25)26-21(3,4)5)13-18-22-17-10-8-15-12-14(2)7-9-16(15)19(17)23-18;1-3-9-16-11-15-17-10-14(18-15)13-7-5-12(4-2)6-8-13;2*1-2/h7,9,12,18,22-23H,6,8,10-11,13H2,1-5H3;2,5-8,10,16H,3,9,11H2,1H3,(H,17,18);2*1-2H. The van der Waals surface area contributed by atoms with Crippen LogP contribution in [0.2, 0.25) is 0 Å². The monoisotopic (exact) mass is 648 g/mol. The average molecular weight is 649 g/mol. The highest BCUT2D eigenvalue weighted by atomic mass is 16.6. The number of hydrogen-bond acceptors (Lipinski definition) is 6. The van der Waals surface area contributed by atoms with Crippen molar-refractivity contribution in [3.05, 3.63) is 82.4 Å². The smallest absolute Gasteiger partial charge is 0.410 e. The first-order chi connectivity index (χ1) is 23.1. The van der Waals surface area contributed by atoms with Gasteiger partial charge in [0.2, 0.25) is 0 Å². The highest BCUT2D eigenvalue weighted by molar-refractivity contribution is 5.74. The fourth-order valence-corrected chi connectivity index (χ4v) is 5.34. The lowest BCUT2D eigenvalue weighted by Crippen LogP contribution is -2.48. The van der Waals surface area contributed by atoms with Gasteiger partial charge in [-0.3, -0.25) is 0 Å². The summed E-state index contributed by atoms with van der Waals surface area (Å²) in [4.78, 5) is 22.0. The molecule has 4 N–H and O–H groups in total. The number of hydrogen-bond donors (Lipinski definition) is 4. The molecule has 1 aliphatic carbocycles. The van der Waals surface area contributed by atoms with E-state index in [-0.39, 0.29) is 12.3 Å². The van der Waals surface area contributed by atoms with Crippen LogP contribution in [0.1, 0.15) is 82.0 Å². The summed E-state index contributed by atoms with van der Waals surface area (Å²) in [5.74, 6) is 3.57. The predicted molar refractivity (Wildman–Crippen MR) is 198 cm³/mol. The van der Waals surface area contributed by atoms with Crippen LogP contribution < -0.4 is 16.0 Å². The molecule has 0 saturated carbocycles. The Morgan fingerprint density at radius 3 is 2.38 bits per heavy atom. The SMILES string of the molecule is C#C.C#C.C#Cc1ccc(-c2cnc(CNCCC)[nH]2)cc1.CCCN(CC1NC2=C(N1)c1ccc(C)cc1CC2)C(=O)OC(C)(C)C. The molecule has 1 amide bonds. The number of allylic oxidation sites excluding steroid dienone is 1. The zero-order valence-corrected chi connectivity index (χ0v) is 29.5. The molecular weight excluding hydrogens is 596 g/mol. The Morgan fingerprint density at radius 1 is 1.04 bits per heavy atom. The average Bonchev–Trinajstić information content (AvgIpc) is 3.73. The number of amides is 1. The lowest BCUT2D eigenvalue weighted by molar-refractivity contribution is 0.0232. The highest BCUT2D eigenvalue weighted by Gasteiger charge is 2.31. The Hall–Kier alpha value is -5.10. The molecule has 2 aromatic carbocycles. The van der Waals surface area contributed by atoms with Crippen LogP contribution in [0.25, 0.3) is 17.0 Å². The van der Waals surface area contributed by atoms with Crippen molar-refractivity contribution in [2.75, 3.05) is 19.6 Å². The third-order valence-corrected chi connectivity index (χ3v) is 7.40. The number of imidazole rings is 1. The van der Waals surface area contributed by atoms with Gasteiger partial charge in [0.05, 0.1) is 30.7 Å². The number of aromatic amines is 1. The summed E-state index contributed by atoms with van der Waals surface area (Å²) in [7, 11) is 0. The molecule has 1 aromatic heterocycles. The summed E-state index contributed by atoms with van der Waals surface area (Å²) >= 11 is 0. The maximum Gasteiger partial charge on any atom is 0.410 e. The number of terminal acetylenes is 3. The van der Waals surface area contributed by atoms with E-state index >= 15 is 0 Å². The maximum absolute atomic E-state index is 12.5. The molecule has 3 aromatic rings. The quantitative estimate of drug-likeness (QED) is 0.150. The van der Waals surface area contributed by atoms with Crippen LogP contribution in [-0.2, 0) is 17.7 Å². The summed E-state index contributed by atoms with van der Waals surface area (Å²) in [6.45, 7) is 15.1. The van der Waals surface area contributed by atoms with Crippen molar-refractivity contribution in [1.82, 2.24) is 30.8 Å². The number of fused-ring (bicyclic) bond motifs is 2. The molecule has 5 rings (SSSR count). The summed E-state index contributed by atoms with van der Waals surface area (Å²) in [5.41, 5.74) is 8.97. The molecule has 1 aliphatic heterocycles. The van der Waals surface area contributed by atoms with Gasteiger partial charge in [-0.1, -0.05) is 55.7 Å². The van der Waals surface area contributed by atoms with Gasteiger partial charge in [-0.2, -0.15) is 0 Å². The van der Waals surface area contributed by atoms with Gasteiger partial charge in [0.15, 0.2) is 0 Å². The number of H-pyrrole nitrogens is 1. The van der Waals surface area contributed by atoms with E-state index in [0.29, 0.717) is 13.1 Å². The Kier molecular flexibility index (Phi) is 15.9. The molecule has 254 valence electrons. The Morgan fingerprint density at radius 2 is 1.75 bits per heavy atom. The van der Waals surface area contributed by atoms with Gasteiger partial charge >= 0.3 is 6.09 Å². The zero-order chi connectivity index (χ0) is 35.7. The summed E-state index contributed by atoms with van der Waals surface area (Å²) in [6.07, 6.45) is 27.1. The molecule has 48 heavy (non-hydrogen) atoms. The molecule has 0 bridgehead atoms. The number of carbonyl (C=O) groups is 1. The van der Waals surface area contributed by atoms with Crippen LogP contribution in [0.4, 0.5) is 4.79 Å². The number of benzene rings is 2. The number of aromatic nitrogens is 2. The lowest BCUT2D eigenvalue weighted by Gasteiger charge is -2.29. The molecular formula is C40H52N6O2. The molecule has 0 fully saturated rings. The Labute approximate surface area is 288 Å². The zero-order valence-electron chi connectivity index (χ0n) is 29.5. The second kappa shape index (κ2) is 19.5. The first-order valence-corrected chi connectivity index (χ1v) is 16.4. The molecule has 0 radical (unpaired) electrons. The summed E-state index contributed by atoms with van der Waals surface area (Å²) in [5, 5.41) is 10.5. The predicted octanol–water partition coefficient (Wildman–Crippen LogP) is 6.83. The lowest BCUT2D eigenvalue weighted by atomic mass is 9.92. The molecule has 1 unspecified atom stereocenters. The molecule has 1 atom stereocenters. The summed E-state index contributed by atoms with van der Waals surface area (Å²) < 4.78 is 5.57. The van der Waals surface area contributed by atoms with Crippen LogP contribution in [0.15, 0.2) is 54.4 Å². The molecule has 0 spiro atoms. The first kappa shape index (κ1) is 39.1. The van der Waals surface area contributed by atoms with Crippen molar-refractivity contribution >= 4 is 11.8 Å². The topological polar surface area (TPSA) is 94.3 Å². The first-order valence-electron chi connectivity index (χ1n) is 16.4. The van der Waals surface area contributed by atoms with Crippen molar-refractivity contribution in [1.29, 1.82) is 0 Å². The Bertz CT molecular complexity index is 1560. The third kappa shape index (κ3) is 11.6. The van der Waals surface area contributed by atoms with E-state index < -0.39 is 5.60 Å². The van der Waals surface area contributed by atoms with Crippen molar-refractivity contribution in [3.8, 4) is 49.3 Å². The van der Waals surface area contributed by atoms with Gasteiger partial charge in [0, 0.05) is 23.4 Å². The van der Waals surface area contributed by atoms with Crippen LogP contribution in [0.3, 0.4) is 0 Å². The maximum atomic E-state index is 12.5. The van der Waals surface area contributed by atoms with E-state index in [1.807, 2.05) is 51.2 Å². The number of nitrogens with one attached hydrogen (secondary N) is 4. The van der Waals surface area contributed by atoms with Gasteiger partial charge in [0.25, 0.3) is 0 Å². The van der Waals surface area contributed by atoms with Crippen LogP contribution in [0, 0.1) is 45.0 Å². The van der Waals surface area contributed by atoms with Crippen molar-refractivity contribution in [2.24, 2.45) is 0 Å². The van der Waals surface area contributed by atoms with E-state index in [1.165, 1.54) is 28.1 Å². The van der Waals surface area contributed by atoms with Crippen molar-refractivity contribution in [2.45, 2.75) is 85.5 Å². The van der Waals surface area contributed by atoms with Crippen molar-refractivity contribution in [3.63, 3.8) is 0 Å². The second-order valence-corrected chi connectivity index (χ2v) is 12.4. The fraction of sp³-hybridized carbons (Fsp3) is 0.400. The van der Waals surface area contributed by atoms with Gasteiger partial charge in [-0.05, 0) is 83.2 Å². The largest absolute Gasteiger partial charge is 0.444 e. The van der Waals surface area contributed by atoms with Crippen LogP contribution in [-0.4, -0.2) is 52.4 Å². The van der Waals surface area contributed by atoms with Gasteiger partial charge in [-0.25, -0.2) is 9.78 Å². The number of ether oxygens (including phenoxy) is 1. The summed E-state index contributed by atoms with van der Waals surface area (Å²) in [6, 6.07) is 14.5. The number of aryl methyl sites for hydroxylation is 2. The molecule has 2 aliphatic rings. The molecule has 8 heteroatoms. The normalized spacial score (nSPS) is 14.0. The minimum absolute atomic E-state index is 0.0197. The van der Waals surface area contributed by atoms with E-state index in [0.717, 1.165) is 61.4 Å². The van der Waals surface area contributed by atoms with Crippen molar-refractivity contribution < 1.29 is 9.53 Å². The van der Waals surface area contributed by atoms with E-state index in [1.54, 1.807) is 4.90 Å². The molecule has 0 saturated heterocycles. The minimum Gasteiger partial charge on any atom is -0.444 e. The second-order valence-electron chi connectivity index (χ2n) is 12.4. The van der Waals surface area contributed by atoms with E-state index in [2.05, 4.69) is 96.5 Å². The number of nitrogens with zero attached hydrogens (tertiary/aromatic N) is 2.